The lowest BCUT2D eigenvalue weighted by atomic mass is 9.99. The van der Waals surface area contributed by atoms with Crippen LogP contribution in [-0.4, -0.2) is 30.5 Å². The lowest BCUT2D eigenvalue weighted by Crippen LogP contribution is -2.34. The van der Waals surface area contributed by atoms with Gasteiger partial charge in [0.1, 0.15) is 0 Å². The van der Waals surface area contributed by atoms with Crippen molar-refractivity contribution < 1.29 is 8.42 Å². The van der Waals surface area contributed by atoms with Gasteiger partial charge in [0, 0.05) is 36.1 Å². The molecule has 0 bridgehead atoms. The summed E-state index contributed by atoms with van der Waals surface area (Å²) in [7, 11) is -3.12. The van der Waals surface area contributed by atoms with Crippen LogP contribution in [0.5, 0.6) is 0 Å². The maximum Gasteiger partial charge on any atom is 0.211 e. The normalized spacial score (nSPS) is 16.8. The van der Waals surface area contributed by atoms with E-state index in [4.69, 9.17) is 0 Å². The lowest BCUT2D eigenvalue weighted by Gasteiger charge is -2.24. The molecule has 0 saturated carbocycles. The van der Waals surface area contributed by atoms with E-state index in [2.05, 4.69) is 37.0 Å². The van der Waals surface area contributed by atoms with E-state index in [9.17, 15) is 8.42 Å². The van der Waals surface area contributed by atoms with Gasteiger partial charge in [-0.3, -0.25) is 0 Å². The molecule has 20 heavy (non-hydrogen) atoms. The quantitative estimate of drug-likeness (QED) is 0.925. The third-order valence-corrected chi connectivity index (χ3v) is 5.35. The highest BCUT2D eigenvalue weighted by atomic mass is 32.2. The fourth-order valence-corrected chi connectivity index (χ4v) is 3.64. The van der Waals surface area contributed by atoms with Crippen molar-refractivity contribution in [3.05, 3.63) is 35.0 Å². The van der Waals surface area contributed by atoms with E-state index in [0.717, 1.165) is 17.5 Å². The first-order valence-electron chi connectivity index (χ1n) is 6.95. The summed E-state index contributed by atoms with van der Waals surface area (Å²) in [5.41, 5.74) is 4.71. The highest BCUT2D eigenvalue weighted by Gasteiger charge is 2.26. The minimum atomic E-state index is -3.12. The van der Waals surface area contributed by atoms with E-state index in [1.807, 2.05) is 0 Å². The summed E-state index contributed by atoms with van der Waals surface area (Å²) in [5.74, 6) is 0.472. The zero-order chi connectivity index (χ0) is 14.5. The Labute approximate surface area is 119 Å². The number of benzene rings is 1. The molecule has 0 atom stereocenters. The van der Waals surface area contributed by atoms with Gasteiger partial charge in [0.05, 0.1) is 6.26 Å². The molecule has 5 heteroatoms. The zero-order valence-corrected chi connectivity index (χ0v) is 12.9. The average Bonchev–Trinajstić information content (AvgIpc) is 2.74. The summed E-state index contributed by atoms with van der Waals surface area (Å²) in [4.78, 5) is 3.43. The zero-order valence-electron chi connectivity index (χ0n) is 12.1. The Morgan fingerprint density at radius 3 is 2.70 bits per heavy atom. The monoisotopic (exact) mass is 292 g/mol. The summed E-state index contributed by atoms with van der Waals surface area (Å²) in [6, 6.07) is 6.44. The number of hydrogen-bond donors (Lipinski definition) is 1. The van der Waals surface area contributed by atoms with Crippen molar-refractivity contribution in [2.45, 2.75) is 32.7 Å². The van der Waals surface area contributed by atoms with E-state index in [0.29, 0.717) is 19.0 Å². The predicted molar refractivity (Wildman–Crippen MR) is 81.3 cm³/mol. The highest BCUT2D eigenvalue weighted by Crippen LogP contribution is 2.30. The second kappa shape index (κ2) is 4.60. The van der Waals surface area contributed by atoms with Crippen LogP contribution in [0.3, 0.4) is 0 Å². The van der Waals surface area contributed by atoms with Crippen LogP contribution in [0.1, 0.15) is 36.6 Å². The van der Waals surface area contributed by atoms with Gasteiger partial charge in [0.2, 0.25) is 10.0 Å². The molecule has 2 aromatic rings. The molecule has 108 valence electrons. The van der Waals surface area contributed by atoms with Crippen molar-refractivity contribution in [1.29, 1.82) is 0 Å². The molecule has 1 aromatic carbocycles. The van der Waals surface area contributed by atoms with Crippen molar-refractivity contribution in [3.63, 3.8) is 0 Å². The molecule has 1 aliphatic heterocycles. The number of H-pyrrole nitrogens is 1. The molecule has 0 saturated heterocycles. The standard InChI is InChI=1S/C15H20N2O2S/c1-10(2)11-4-5-14-12(8-11)13-9-17(20(3,18)19)7-6-15(13)16-14/h4-5,8,10,16H,6-7,9H2,1-3H3. The van der Waals surface area contributed by atoms with Gasteiger partial charge in [-0.15, -0.1) is 0 Å². The van der Waals surface area contributed by atoms with E-state index in [1.54, 1.807) is 4.31 Å². The van der Waals surface area contributed by atoms with Crippen LogP contribution in [-0.2, 0) is 23.0 Å². The first-order valence-corrected chi connectivity index (χ1v) is 8.79. The van der Waals surface area contributed by atoms with Crippen molar-refractivity contribution in [1.82, 2.24) is 9.29 Å². The molecule has 1 aliphatic rings. The number of rotatable bonds is 2. The minimum absolute atomic E-state index is 0.472. The fourth-order valence-electron chi connectivity index (χ4n) is 2.85. The Morgan fingerprint density at radius 1 is 1.30 bits per heavy atom. The second-order valence-corrected chi connectivity index (χ2v) is 7.87. The summed E-state index contributed by atoms with van der Waals surface area (Å²) in [6.07, 6.45) is 2.04. The first-order chi connectivity index (χ1) is 9.36. The van der Waals surface area contributed by atoms with Gasteiger partial charge >= 0.3 is 0 Å². The topological polar surface area (TPSA) is 53.2 Å². The van der Waals surface area contributed by atoms with E-state index in [-0.39, 0.29) is 0 Å². The van der Waals surface area contributed by atoms with Crippen molar-refractivity contribution in [3.8, 4) is 0 Å². The number of nitrogens with one attached hydrogen (secondary N) is 1. The van der Waals surface area contributed by atoms with Crippen LogP contribution < -0.4 is 0 Å². The third kappa shape index (κ3) is 2.25. The maximum absolute atomic E-state index is 11.7. The van der Waals surface area contributed by atoms with Gasteiger partial charge in [-0.05, 0) is 29.2 Å². The Balaban J connectivity index is 2.11. The molecule has 0 amide bonds. The van der Waals surface area contributed by atoms with Crippen LogP contribution in [0.2, 0.25) is 0 Å². The molecule has 2 heterocycles. The first kappa shape index (κ1) is 13.6. The van der Waals surface area contributed by atoms with Crippen molar-refractivity contribution >= 4 is 20.9 Å². The number of aromatic amines is 1. The van der Waals surface area contributed by atoms with Crippen LogP contribution in [0.25, 0.3) is 10.9 Å². The molecule has 0 aliphatic carbocycles. The average molecular weight is 292 g/mol. The number of fused-ring (bicyclic) bond motifs is 3. The summed E-state index contributed by atoms with van der Waals surface area (Å²) in [5, 5.41) is 1.17. The van der Waals surface area contributed by atoms with E-state index < -0.39 is 10.0 Å². The number of aromatic nitrogens is 1. The van der Waals surface area contributed by atoms with Gasteiger partial charge < -0.3 is 4.98 Å². The predicted octanol–water partition coefficient (Wildman–Crippen LogP) is 2.61. The largest absolute Gasteiger partial charge is 0.358 e. The van der Waals surface area contributed by atoms with Gasteiger partial charge in [-0.2, -0.15) is 4.31 Å². The van der Waals surface area contributed by atoms with Crippen LogP contribution >= 0.6 is 0 Å². The van der Waals surface area contributed by atoms with Gasteiger partial charge in [0.25, 0.3) is 0 Å². The van der Waals surface area contributed by atoms with Crippen LogP contribution in [0, 0.1) is 0 Å². The van der Waals surface area contributed by atoms with E-state index >= 15 is 0 Å². The Morgan fingerprint density at radius 2 is 2.05 bits per heavy atom. The van der Waals surface area contributed by atoms with Crippen LogP contribution in [0.4, 0.5) is 0 Å². The third-order valence-electron chi connectivity index (χ3n) is 4.10. The molecular formula is C15H20N2O2S. The molecular weight excluding hydrogens is 272 g/mol. The van der Waals surface area contributed by atoms with Crippen LogP contribution in [0.15, 0.2) is 18.2 Å². The summed E-state index contributed by atoms with van der Waals surface area (Å²) in [6.45, 7) is 5.39. The Kier molecular flexibility index (Phi) is 3.14. The minimum Gasteiger partial charge on any atom is -0.358 e. The van der Waals surface area contributed by atoms with Crippen molar-refractivity contribution in [2.75, 3.05) is 12.8 Å². The maximum atomic E-state index is 11.7. The molecule has 4 nitrogen and oxygen atoms in total. The fraction of sp³-hybridized carbons (Fsp3) is 0.467. The number of sulfonamides is 1. The smallest absolute Gasteiger partial charge is 0.211 e. The molecule has 3 rings (SSSR count). The molecule has 0 fully saturated rings. The van der Waals surface area contributed by atoms with Gasteiger partial charge in [0.15, 0.2) is 0 Å². The molecule has 1 aromatic heterocycles. The Hall–Kier alpha value is -1.33. The van der Waals surface area contributed by atoms with Crippen molar-refractivity contribution in [2.24, 2.45) is 0 Å². The SMILES string of the molecule is CC(C)c1ccc2[nH]c3c(c2c1)CN(S(C)(=O)=O)CC3. The molecule has 0 spiro atoms. The summed E-state index contributed by atoms with van der Waals surface area (Å²) >= 11 is 0. The Bertz CT molecular complexity index is 760. The summed E-state index contributed by atoms with van der Waals surface area (Å²) < 4.78 is 25.1. The number of hydrogen-bond acceptors (Lipinski definition) is 2. The number of nitrogens with zero attached hydrogens (tertiary/aromatic N) is 1. The van der Waals surface area contributed by atoms with Gasteiger partial charge in [-0.25, -0.2) is 8.42 Å². The lowest BCUT2D eigenvalue weighted by molar-refractivity contribution is 0.395. The molecule has 1 N–H and O–H groups in total. The molecule has 0 unspecified atom stereocenters. The van der Waals surface area contributed by atoms with Gasteiger partial charge in [-0.1, -0.05) is 19.9 Å². The van der Waals surface area contributed by atoms with E-state index in [1.165, 1.54) is 22.9 Å². The molecule has 0 radical (unpaired) electrons. The highest BCUT2D eigenvalue weighted by molar-refractivity contribution is 7.88. The second-order valence-electron chi connectivity index (χ2n) is 5.89.